The number of nitrogens with zero attached hydrogens (tertiary/aromatic N) is 3. The maximum absolute atomic E-state index is 13.0. The number of ether oxygens (including phenoxy) is 1. The standard InChI is InChI=1S/C24H37N5O5S.ClH/c1-4-5-16-35(32,33)27-22(23(30)34-3)17-20-6-8-21(9-7-20)29-18(2)26-28(24(29)31)15-12-19-10-13-25-14-11-19;/h6-9,19,22,25,27H,4-5,10-17H2,1-3H3;1H. The maximum Gasteiger partial charge on any atom is 0.350 e. The molecule has 12 heteroatoms. The third-order valence-corrected chi connectivity index (χ3v) is 7.89. The molecule has 10 nitrogen and oxygen atoms in total. The minimum atomic E-state index is -3.60. The van der Waals surface area contributed by atoms with Crippen LogP contribution in [-0.2, 0) is 32.5 Å². The van der Waals surface area contributed by atoms with Crippen molar-refractivity contribution in [3.8, 4) is 5.69 Å². The lowest BCUT2D eigenvalue weighted by Gasteiger charge is -2.22. The van der Waals surface area contributed by atoms with Crippen molar-refractivity contribution in [2.45, 2.75) is 65.0 Å². The van der Waals surface area contributed by atoms with Crippen molar-refractivity contribution in [1.29, 1.82) is 0 Å². The topological polar surface area (TPSA) is 124 Å². The predicted octanol–water partition coefficient (Wildman–Crippen LogP) is 1.96. The van der Waals surface area contributed by atoms with Gasteiger partial charge in [0.25, 0.3) is 0 Å². The predicted molar refractivity (Wildman–Crippen MR) is 141 cm³/mol. The summed E-state index contributed by atoms with van der Waals surface area (Å²) in [7, 11) is -2.37. The summed E-state index contributed by atoms with van der Waals surface area (Å²) in [6.45, 7) is 6.34. The van der Waals surface area contributed by atoms with E-state index in [4.69, 9.17) is 4.74 Å². The Bertz CT molecular complexity index is 1140. The first-order valence-corrected chi connectivity index (χ1v) is 13.9. The molecule has 1 fully saturated rings. The van der Waals surface area contributed by atoms with Crippen molar-refractivity contribution in [1.82, 2.24) is 24.4 Å². The third kappa shape index (κ3) is 8.16. The Morgan fingerprint density at radius 2 is 1.92 bits per heavy atom. The van der Waals surface area contributed by atoms with Crippen LogP contribution in [0, 0.1) is 12.8 Å². The van der Waals surface area contributed by atoms with E-state index in [1.54, 1.807) is 35.8 Å². The molecule has 2 heterocycles. The lowest BCUT2D eigenvalue weighted by Crippen LogP contribution is -2.43. The van der Waals surface area contributed by atoms with Gasteiger partial charge in [-0.15, -0.1) is 12.4 Å². The highest BCUT2D eigenvalue weighted by Crippen LogP contribution is 2.17. The number of piperidine rings is 1. The zero-order chi connectivity index (χ0) is 25.4. The van der Waals surface area contributed by atoms with Crippen molar-refractivity contribution >= 4 is 28.4 Å². The summed E-state index contributed by atoms with van der Waals surface area (Å²) in [6, 6.07) is 6.11. The molecule has 1 aromatic heterocycles. The Morgan fingerprint density at radius 1 is 1.25 bits per heavy atom. The van der Waals surface area contributed by atoms with Crippen LogP contribution in [0.15, 0.2) is 29.1 Å². The molecule has 1 saturated heterocycles. The van der Waals surface area contributed by atoms with Crippen LogP contribution in [0.25, 0.3) is 5.69 Å². The summed E-state index contributed by atoms with van der Waals surface area (Å²) in [6.07, 6.45) is 4.56. The highest BCUT2D eigenvalue weighted by Gasteiger charge is 2.25. The van der Waals surface area contributed by atoms with Crippen LogP contribution in [0.4, 0.5) is 0 Å². The Morgan fingerprint density at radius 3 is 2.53 bits per heavy atom. The lowest BCUT2D eigenvalue weighted by atomic mass is 9.95. The highest BCUT2D eigenvalue weighted by atomic mass is 35.5. The number of sulfonamides is 1. The summed E-state index contributed by atoms with van der Waals surface area (Å²) in [5, 5.41) is 7.81. The molecule has 0 bridgehead atoms. The Labute approximate surface area is 219 Å². The molecule has 1 aliphatic heterocycles. The van der Waals surface area contributed by atoms with Gasteiger partial charge >= 0.3 is 11.7 Å². The zero-order valence-corrected chi connectivity index (χ0v) is 22.9. The SMILES string of the molecule is CCCCS(=O)(=O)NC(Cc1ccc(-n2c(C)nn(CCC3CCNCC3)c2=O)cc1)C(=O)OC.Cl. The van der Waals surface area contributed by atoms with Crippen molar-refractivity contribution in [3.63, 3.8) is 0 Å². The van der Waals surface area contributed by atoms with E-state index < -0.39 is 22.0 Å². The number of carbonyl (C=O) groups is 1. The second kappa shape index (κ2) is 13.9. The molecule has 0 saturated carbocycles. The van der Waals surface area contributed by atoms with Gasteiger partial charge < -0.3 is 10.1 Å². The molecular formula is C24H38ClN5O5S. The van der Waals surface area contributed by atoms with Crippen molar-refractivity contribution in [2.75, 3.05) is 26.0 Å². The Kier molecular flexibility index (Phi) is 11.6. The number of carbonyl (C=O) groups excluding carboxylic acids is 1. The van der Waals surface area contributed by atoms with Crippen molar-refractivity contribution < 1.29 is 17.9 Å². The summed E-state index contributed by atoms with van der Waals surface area (Å²) < 4.78 is 35.0. The number of rotatable bonds is 12. The van der Waals surface area contributed by atoms with Gasteiger partial charge in [-0.2, -0.15) is 5.10 Å². The number of aromatic nitrogens is 3. The van der Waals surface area contributed by atoms with Gasteiger partial charge in [-0.3, -0.25) is 4.79 Å². The molecular weight excluding hydrogens is 506 g/mol. The number of methoxy groups -OCH3 is 1. The summed E-state index contributed by atoms with van der Waals surface area (Å²) in [5.74, 6) is 0.523. The van der Waals surface area contributed by atoms with E-state index >= 15 is 0 Å². The fraction of sp³-hybridized carbons (Fsp3) is 0.625. The number of hydrogen-bond acceptors (Lipinski definition) is 7. The van der Waals surface area contributed by atoms with Crippen molar-refractivity contribution in [3.05, 3.63) is 46.1 Å². The molecule has 0 radical (unpaired) electrons. The molecule has 202 valence electrons. The monoisotopic (exact) mass is 543 g/mol. The quantitative estimate of drug-likeness (QED) is 0.392. The number of aryl methyl sites for hydroxylation is 2. The van der Waals surface area contributed by atoms with Crippen LogP contribution < -0.4 is 15.7 Å². The molecule has 3 rings (SSSR count). The largest absolute Gasteiger partial charge is 0.468 e. The summed E-state index contributed by atoms with van der Waals surface area (Å²) in [4.78, 5) is 25.2. The second-order valence-corrected chi connectivity index (χ2v) is 11.0. The van der Waals surface area contributed by atoms with Crippen LogP contribution in [-0.4, -0.2) is 60.7 Å². The lowest BCUT2D eigenvalue weighted by molar-refractivity contribution is -0.142. The van der Waals surface area contributed by atoms with Crippen LogP contribution >= 0.6 is 12.4 Å². The average Bonchev–Trinajstić information content (AvgIpc) is 3.14. The van der Waals surface area contributed by atoms with Crippen molar-refractivity contribution in [2.24, 2.45) is 5.92 Å². The summed E-state index contributed by atoms with van der Waals surface area (Å²) >= 11 is 0. The number of nitrogens with one attached hydrogen (secondary N) is 2. The van der Waals surface area contributed by atoms with Crippen LogP contribution in [0.3, 0.4) is 0 Å². The maximum atomic E-state index is 13.0. The average molecular weight is 544 g/mol. The smallest absolute Gasteiger partial charge is 0.350 e. The van der Waals surface area contributed by atoms with Crippen LogP contribution in [0.1, 0.15) is 50.4 Å². The first-order chi connectivity index (χ1) is 16.7. The first kappa shape index (κ1) is 30.0. The van der Waals surface area contributed by atoms with E-state index in [1.165, 1.54) is 11.8 Å². The minimum absolute atomic E-state index is 0. The van der Waals surface area contributed by atoms with Crippen LogP contribution in [0.5, 0.6) is 0 Å². The van der Waals surface area contributed by atoms with Crippen LogP contribution in [0.2, 0.25) is 0 Å². The molecule has 36 heavy (non-hydrogen) atoms. The molecule has 0 spiro atoms. The van der Waals surface area contributed by atoms with Gasteiger partial charge in [-0.1, -0.05) is 25.5 Å². The van der Waals surface area contributed by atoms with E-state index in [0.717, 1.165) is 44.3 Å². The Balaban J connectivity index is 0.00000456. The molecule has 1 aliphatic rings. The molecule has 0 amide bonds. The number of unbranched alkanes of at least 4 members (excludes halogenated alkanes) is 1. The molecule has 2 aromatic rings. The first-order valence-electron chi connectivity index (χ1n) is 12.3. The summed E-state index contributed by atoms with van der Waals surface area (Å²) in [5.41, 5.74) is 1.23. The Hall–Kier alpha value is -2.21. The van der Waals surface area contributed by atoms with E-state index in [-0.39, 0.29) is 30.3 Å². The molecule has 1 unspecified atom stereocenters. The zero-order valence-electron chi connectivity index (χ0n) is 21.2. The van der Waals surface area contributed by atoms with Gasteiger partial charge in [-0.25, -0.2) is 27.2 Å². The highest BCUT2D eigenvalue weighted by molar-refractivity contribution is 7.89. The number of halogens is 1. The number of benzene rings is 1. The third-order valence-electron chi connectivity index (χ3n) is 6.42. The second-order valence-electron chi connectivity index (χ2n) is 9.11. The van der Waals surface area contributed by atoms with E-state index in [2.05, 4.69) is 15.1 Å². The molecule has 2 N–H and O–H groups in total. The fourth-order valence-electron chi connectivity index (χ4n) is 4.38. The molecule has 1 aromatic carbocycles. The molecule has 1 atom stereocenters. The number of hydrogen-bond donors (Lipinski definition) is 2. The van der Waals surface area contributed by atoms with E-state index in [0.29, 0.717) is 30.4 Å². The van der Waals surface area contributed by atoms with Gasteiger partial charge in [0.05, 0.1) is 18.6 Å². The van der Waals surface area contributed by atoms with E-state index in [1.807, 2.05) is 6.92 Å². The van der Waals surface area contributed by atoms with Gasteiger partial charge in [0.15, 0.2) is 0 Å². The van der Waals surface area contributed by atoms with Gasteiger partial charge in [0, 0.05) is 6.54 Å². The van der Waals surface area contributed by atoms with Gasteiger partial charge in [0.1, 0.15) is 11.9 Å². The normalized spacial score (nSPS) is 15.3. The number of esters is 1. The molecule has 0 aliphatic carbocycles. The van der Waals surface area contributed by atoms with Gasteiger partial charge in [-0.05, 0) is 75.7 Å². The fourth-order valence-corrected chi connectivity index (χ4v) is 5.78. The van der Waals surface area contributed by atoms with E-state index in [9.17, 15) is 18.0 Å². The van der Waals surface area contributed by atoms with Gasteiger partial charge in [0.2, 0.25) is 10.0 Å². The minimum Gasteiger partial charge on any atom is -0.468 e.